The van der Waals surface area contributed by atoms with Crippen molar-refractivity contribution in [3.05, 3.63) is 51.4 Å². The number of benzene rings is 2. The number of H-pyrrole nitrogens is 1. The van der Waals surface area contributed by atoms with Gasteiger partial charge in [0.05, 0.1) is 32.6 Å². The van der Waals surface area contributed by atoms with E-state index in [1.165, 1.54) is 9.40 Å². The van der Waals surface area contributed by atoms with E-state index >= 15 is 0 Å². The summed E-state index contributed by atoms with van der Waals surface area (Å²) in [4.78, 5) is 7.45. The molecule has 2 heterocycles. The maximum atomic E-state index is 5.10. The molecule has 23 heavy (non-hydrogen) atoms. The maximum absolute atomic E-state index is 5.10. The van der Waals surface area contributed by atoms with Gasteiger partial charge in [-0.2, -0.15) is 0 Å². The van der Waals surface area contributed by atoms with Gasteiger partial charge in [-0.1, -0.05) is 19.6 Å². The number of nitrogens with zero attached hydrogens (tertiary/aromatic N) is 1. The van der Waals surface area contributed by atoms with Gasteiger partial charge >= 0.3 is 0 Å². The minimum absolute atomic E-state index is 0. The van der Waals surface area contributed by atoms with Crippen molar-refractivity contribution in [2.45, 2.75) is 14.4 Å². The monoisotopic (exact) mass is 362 g/mol. The van der Waals surface area contributed by atoms with Gasteiger partial charge in [-0.15, -0.1) is 22.7 Å². The fourth-order valence-corrected chi connectivity index (χ4v) is 3.97. The maximum Gasteiger partial charge on any atom is 0.159 e. The third-order valence-electron chi connectivity index (χ3n) is 3.03. The zero-order valence-corrected chi connectivity index (χ0v) is 14.6. The molecule has 0 aliphatic carbocycles. The van der Waals surface area contributed by atoms with Gasteiger partial charge in [0.2, 0.25) is 0 Å². The molecule has 2 aromatic carbocycles. The Morgan fingerprint density at radius 1 is 1.09 bits per heavy atom. The summed E-state index contributed by atoms with van der Waals surface area (Å²) in [5, 5.41) is 1.10. The number of aromatic nitrogens is 2. The van der Waals surface area contributed by atoms with Crippen LogP contribution in [0.2, 0.25) is 0 Å². The molecule has 0 amide bonds. The molecule has 0 saturated heterocycles. The summed E-state index contributed by atoms with van der Waals surface area (Å²) in [5.41, 5.74) is 2.16. The van der Waals surface area contributed by atoms with Crippen LogP contribution in [0.3, 0.4) is 0 Å². The standard InChI is InChI=1S/C9H9NOS.C7H5NS2.CH4/c1-6-10-8-5-7(11-2)3-4-9(8)12-6;9-7-8-5-3-1-2-4-6(5)10-7;/h3-5H,1-2H3;1-4H,(H,8,9);1H4. The predicted molar refractivity (Wildman–Crippen MR) is 105 cm³/mol. The zero-order valence-electron chi connectivity index (χ0n) is 12.1. The van der Waals surface area contributed by atoms with Gasteiger partial charge < -0.3 is 9.72 Å². The van der Waals surface area contributed by atoms with Gasteiger partial charge in [-0.3, -0.25) is 0 Å². The van der Waals surface area contributed by atoms with Crippen molar-refractivity contribution in [3.63, 3.8) is 0 Å². The normalized spacial score (nSPS) is 10.0. The van der Waals surface area contributed by atoms with Crippen LogP contribution in [0.4, 0.5) is 0 Å². The number of hydrogen-bond acceptors (Lipinski definition) is 5. The molecule has 0 aliphatic rings. The van der Waals surface area contributed by atoms with Gasteiger partial charge in [0, 0.05) is 6.07 Å². The molecule has 4 aromatic rings. The molecule has 2 aromatic heterocycles. The number of methoxy groups -OCH3 is 1. The topological polar surface area (TPSA) is 37.9 Å². The number of thiazole rings is 2. The number of para-hydroxylation sites is 1. The van der Waals surface area contributed by atoms with E-state index in [4.69, 9.17) is 17.0 Å². The molecule has 0 unspecified atom stereocenters. The highest BCUT2D eigenvalue weighted by Gasteiger charge is 2.00. The molecule has 0 saturated carbocycles. The third-order valence-corrected chi connectivity index (χ3v) is 5.20. The Labute approximate surface area is 148 Å². The molecule has 0 aliphatic heterocycles. The molecule has 0 radical (unpaired) electrons. The molecule has 0 atom stereocenters. The second kappa shape index (κ2) is 7.68. The molecule has 0 fully saturated rings. The fourth-order valence-electron chi connectivity index (χ4n) is 2.04. The van der Waals surface area contributed by atoms with E-state index in [9.17, 15) is 0 Å². The van der Waals surface area contributed by atoms with Gasteiger partial charge in [0.1, 0.15) is 5.75 Å². The first kappa shape index (κ1) is 17.6. The van der Waals surface area contributed by atoms with Crippen LogP contribution in [0, 0.1) is 10.9 Å². The molecule has 3 nitrogen and oxygen atoms in total. The van der Waals surface area contributed by atoms with Crippen LogP contribution in [-0.4, -0.2) is 17.1 Å². The Kier molecular flexibility index (Phi) is 5.87. The number of hydrogen-bond donors (Lipinski definition) is 1. The Morgan fingerprint density at radius 2 is 1.87 bits per heavy atom. The number of fused-ring (bicyclic) bond motifs is 2. The van der Waals surface area contributed by atoms with E-state index < -0.39 is 0 Å². The zero-order chi connectivity index (χ0) is 15.5. The smallest absolute Gasteiger partial charge is 0.159 e. The summed E-state index contributed by atoms with van der Waals surface area (Å²) >= 11 is 8.29. The second-order valence-electron chi connectivity index (χ2n) is 4.58. The van der Waals surface area contributed by atoms with Crippen molar-refractivity contribution in [3.8, 4) is 5.75 Å². The van der Waals surface area contributed by atoms with E-state index in [1.54, 1.807) is 29.8 Å². The summed E-state index contributed by atoms with van der Waals surface area (Å²) in [7, 11) is 1.67. The van der Waals surface area contributed by atoms with E-state index in [-0.39, 0.29) is 7.43 Å². The van der Waals surface area contributed by atoms with Crippen molar-refractivity contribution in [2.24, 2.45) is 0 Å². The summed E-state index contributed by atoms with van der Waals surface area (Å²) in [5.74, 6) is 0.868. The van der Waals surface area contributed by atoms with Crippen molar-refractivity contribution < 1.29 is 4.74 Å². The van der Waals surface area contributed by atoms with E-state index in [0.29, 0.717) is 0 Å². The molecular weight excluding hydrogens is 344 g/mol. The van der Waals surface area contributed by atoms with Crippen LogP contribution in [-0.2, 0) is 0 Å². The summed E-state index contributed by atoms with van der Waals surface area (Å²) in [6, 6.07) is 14.1. The number of ether oxygens (including phenoxy) is 1. The minimum Gasteiger partial charge on any atom is -0.497 e. The van der Waals surface area contributed by atoms with Crippen LogP contribution in [0.1, 0.15) is 12.4 Å². The average molecular weight is 363 g/mol. The van der Waals surface area contributed by atoms with Gasteiger partial charge in [0.15, 0.2) is 3.95 Å². The molecule has 0 spiro atoms. The molecule has 120 valence electrons. The molecule has 0 bridgehead atoms. The van der Waals surface area contributed by atoms with Crippen molar-refractivity contribution in [2.75, 3.05) is 7.11 Å². The lowest BCUT2D eigenvalue weighted by molar-refractivity contribution is 0.415. The Hall–Kier alpha value is -1.76. The highest BCUT2D eigenvalue weighted by atomic mass is 32.1. The highest BCUT2D eigenvalue weighted by Crippen LogP contribution is 2.25. The first-order chi connectivity index (χ1) is 10.7. The molecule has 4 rings (SSSR count). The van der Waals surface area contributed by atoms with E-state index in [2.05, 4.69) is 16.0 Å². The van der Waals surface area contributed by atoms with Crippen molar-refractivity contribution >= 4 is 55.3 Å². The SMILES string of the molecule is C.COc1ccc2sc(C)nc2c1.S=c1[nH]c2ccccc2s1. The lowest BCUT2D eigenvalue weighted by atomic mass is 10.3. The Balaban J connectivity index is 0.000000162. The van der Waals surface area contributed by atoms with Crippen LogP contribution in [0.15, 0.2) is 42.5 Å². The van der Waals surface area contributed by atoms with E-state index in [0.717, 1.165) is 25.7 Å². The lowest BCUT2D eigenvalue weighted by Crippen LogP contribution is -1.80. The fraction of sp³-hybridized carbons (Fsp3) is 0.176. The number of aromatic amines is 1. The second-order valence-corrected chi connectivity index (χ2v) is 7.53. The van der Waals surface area contributed by atoms with Crippen LogP contribution in [0.25, 0.3) is 20.4 Å². The molecule has 1 N–H and O–H groups in total. The number of aryl methyl sites for hydroxylation is 1. The van der Waals surface area contributed by atoms with Gasteiger partial charge in [0.25, 0.3) is 0 Å². The Morgan fingerprint density at radius 3 is 2.61 bits per heavy atom. The summed E-state index contributed by atoms with van der Waals surface area (Å²) in [6.45, 7) is 2.01. The number of nitrogens with one attached hydrogen (secondary N) is 1. The number of rotatable bonds is 1. The largest absolute Gasteiger partial charge is 0.497 e. The first-order valence-corrected chi connectivity index (χ1v) is 8.69. The highest BCUT2D eigenvalue weighted by molar-refractivity contribution is 7.73. The quantitative estimate of drug-likeness (QED) is 0.409. The average Bonchev–Trinajstić information content (AvgIpc) is 3.07. The molecular formula is C17H18N2OS3. The van der Waals surface area contributed by atoms with Gasteiger partial charge in [-0.25, -0.2) is 4.98 Å². The Bertz CT molecular complexity index is 932. The third kappa shape index (κ3) is 4.16. The van der Waals surface area contributed by atoms with Crippen molar-refractivity contribution in [1.82, 2.24) is 9.97 Å². The van der Waals surface area contributed by atoms with Crippen molar-refractivity contribution in [1.29, 1.82) is 0 Å². The van der Waals surface area contributed by atoms with Gasteiger partial charge in [-0.05, 0) is 43.4 Å². The molecule has 6 heteroatoms. The van der Waals surface area contributed by atoms with Crippen LogP contribution in [0.5, 0.6) is 5.75 Å². The summed E-state index contributed by atoms with van der Waals surface area (Å²) in [6.07, 6.45) is 0. The summed E-state index contributed by atoms with van der Waals surface area (Å²) < 4.78 is 8.39. The predicted octanol–water partition coefficient (Wildman–Crippen LogP) is 6.21. The lowest BCUT2D eigenvalue weighted by Gasteiger charge is -1.96. The van der Waals surface area contributed by atoms with Crippen LogP contribution < -0.4 is 4.74 Å². The van der Waals surface area contributed by atoms with E-state index in [1.807, 2.05) is 43.3 Å². The first-order valence-electron chi connectivity index (χ1n) is 6.65. The minimum atomic E-state index is 0. The van der Waals surface area contributed by atoms with Crippen LogP contribution >= 0.6 is 34.9 Å².